The lowest BCUT2D eigenvalue weighted by atomic mass is 9.93. The second kappa shape index (κ2) is 7.52. The van der Waals surface area contributed by atoms with Gasteiger partial charge in [-0.05, 0) is 66.7 Å². The molecule has 0 spiro atoms. The number of aromatic nitrogens is 1. The summed E-state index contributed by atoms with van der Waals surface area (Å²) in [6, 6.07) is 18.2. The molecule has 0 aliphatic carbocycles. The van der Waals surface area contributed by atoms with Gasteiger partial charge < -0.3 is 19.5 Å². The Morgan fingerprint density at radius 1 is 0.897 bits per heavy atom. The molecule has 0 saturated heterocycles. The van der Waals surface area contributed by atoms with Gasteiger partial charge in [-0.3, -0.25) is 4.79 Å². The van der Waals surface area contributed by atoms with Crippen molar-refractivity contribution in [1.29, 1.82) is 0 Å². The summed E-state index contributed by atoms with van der Waals surface area (Å²) in [6.45, 7) is 0. The first-order valence-corrected chi connectivity index (χ1v) is 8.83. The minimum absolute atomic E-state index is 0.128. The second-order valence-corrected chi connectivity index (χ2v) is 6.40. The molecule has 0 atom stereocenters. The number of phenols is 2. The van der Waals surface area contributed by atoms with Crippen molar-refractivity contribution in [2.75, 3.05) is 7.11 Å². The van der Waals surface area contributed by atoms with E-state index in [9.17, 15) is 15.0 Å². The van der Waals surface area contributed by atoms with Gasteiger partial charge in [-0.25, -0.2) is 0 Å². The maximum Gasteiger partial charge on any atom is 0.175 e. The van der Waals surface area contributed by atoms with Crippen molar-refractivity contribution in [1.82, 2.24) is 5.16 Å². The predicted octanol–water partition coefficient (Wildman–Crippen LogP) is 4.91. The van der Waals surface area contributed by atoms with Crippen molar-refractivity contribution in [3.63, 3.8) is 0 Å². The van der Waals surface area contributed by atoms with Crippen LogP contribution in [-0.4, -0.2) is 28.8 Å². The van der Waals surface area contributed by atoms with Gasteiger partial charge in [-0.1, -0.05) is 5.16 Å². The summed E-state index contributed by atoms with van der Waals surface area (Å²) >= 11 is 0. The first-order valence-electron chi connectivity index (χ1n) is 8.83. The molecule has 0 saturated carbocycles. The molecular weight excluding hydrogens is 370 g/mol. The molecule has 29 heavy (non-hydrogen) atoms. The monoisotopic (exact) mass is 387 g/mol. The van der Waals surface area contributed by atoms with E-state index in [0.29, 0.717) is 45.0 Å². The van der Waals surface area contributed by atoms with Gasteiger partial charge in [0.2, 0.25) is 0 Å². The topological polar surface area (TPSA) is 92.8 Å². The zero-order valence-corrected chi connectivity index (χ0v) is 15.5. The Bertz CT molecular complexity index is 1100. The molecule has 0 amide bonds. The number of ether oxygens (including phenoxy) is 1. The number of hydrogen-bond acceptors (Lipinski definition) is 6. The molecule has 0 aliphatic heterocycles. The smallest absolute Gasteiger partial charge is 0.175 e. The number of carbonyl (C=O) groups is 1. The van der Waals surface area contributed by atoms with Gasteiger partial charge >= 0.3 is 0 Å². The number of benzene rings is 3. The van der Waals surface area contributed by atoms with Crippen molar-refractivity contribution in [3.8, 4) is 51.0 Å². The number of aldehydes is 1. The maximum absolute atomic E-state index is 11.7. The Morgan fingerprint density at radius 3 is 2.10 bits per heavy atom. The number of methoxy groups -OCH3 is 1. The van der Waals surface area contributed by atoms with Crippen LogP contribution >= 0.6 is 0 Å². The van der Waals surface area contributed by atoms with Gasteiger partial charge in [0.15, 0.2) is 12.0 Å². The number of carbonyl (C=O) groups excluding carboxylic acids is 1. The summed E-state index contributed by atoms with van der Waals surface area (Å²) in [5.74, 6) is 1.29. The van der Waals surface area contributed by atoms with Crippen LogP contribution in [0, 0.1) is 0 Å². The Kier molecular flexibility index (Phi) is 4.75. The van der Waals surface area contributed by atoms with Gasteiger partial charge in [-0.2, -0.15) is 0 Å². The minimum atomic E-state index is 0.128. The van der Waals surface area contributed by atoms with E-state index in [-0.39, 0.29) is 11.5 Å². The minimum Gasteiger partial charge on any atom is -0.508 e. The molecule has 0 fully saturated rings. The van der Waals surface area contributed by atoms with Crippen molar-refractivity contribution in [2.24, 2.45) is 0 Å². The zero-order valence-electron chi connectivity index (χ0n) is 15.5. The van der Waals surface area contributed by atoms with Crippen LogP contribution in [0.15, 0.2) is 71.3 Å². The molecule has 6 heteroatoms. The Hall–Kier alpha value is -4.06. The summed E-state index contributed by atoms with van der Waals surface area (Å²) in [7, 11) is 1.55. The van der Waals surface area contributed by atoms with E-state index in [4.69, 9.17) is 9.26 Å². The molecule has 4 rings (SSSR count). The largest absolute Gasteiger partial charge is 0.508 e. The lowest BCUT2D eigenvalue weighted by Gasteiger charge is -2.10. The summed E-state index contributed by atoms with van der Waals surface area (Å²) in [6.07, 6.45) is 0.767. The number of rotatable bonds is 5. The van der Waals surface area contributed by atoms with E-state index in [1.165, 1.54) is 0 Å². The third-order valence-corrected chi connectivity index (χ3v) is 4.62. The van der Waals surface area contributed by atoms with Crippen LogP contribution in [-0.2, 0) is 0 Å². The highest BCUT2D eigenvalue weighted by Crippen LogP contribution is 2.42. The number of phenolic OH excluding ortho intramolecular Hbond substituents is 2. The molecular formula is C23H17NO5. The Morgan fingerprint density at radius 2 is 1.52 bits per heavy atom. The molecule has 0 radical (unpaired) electrons. The van der Waals surface area contributed by atoms with Gasteiger partial charge in [0.05, 0.1) is 12.7 Å². The van der Waals surface area contributed by atoms with E-state index in [2.05, 4.69) is 5.16 Å². The maximum atomic E-state index is 11.7. The average molecular weight is 387 g/mol. The van der Waals surface area contributed by atoms with Crippen LogP contribution in [0.2, 0.25) is 0 Å². The quantitative estimate of drug-likeness (QED) is 0.473. The first-order chi connectivity index (χ1) is 14.1. The lowest BCUT2D eigenvalue weighted by Crippen LogP contribution is -1.93. The molecule has 1 heterocycles. The van der Waals surface area contributed by atoms with E-state index in [1.54, 1.807) is 73.8 Å². The van der Waals surface area contributed by atoms with Gasteiger partial charge in [0.1, 0.15) is 22.9 Å². The molecule has 4 aromatic rings. The summed E-state index contributed by atoms with van der Waals surface area (Å²) in [5.41, 5.74) is 3.59. The van der Waals surface area contributed by atoms with Crippen LogP contribution in [0.1, 0.15) is 10.4 Å². The third-order valence-electron chi connectivity index (χ3n) is 4.62. The van der Waals surface area contributed by atoms with Crippen molar-refractivity contribution in [2.45, 2.75) is 0 Å². The van der Waals surface area contributed by atoms with E-state index in [0.717, 1.165) is 6.29 Å². The summed E-state index contributed by atoms with van der Waals surface area (Å²) in [5, 5.41) is 23.5. The van der Waals surface area contributed by atoms with Crippen LogP contribution in [0.25, 0.3) is 33.7 Å². The van der Waals surface area contributed by atoms with Crippen LogP contribution in [0.5, 0.6) is 17.2 Å². The number of hydrogen-bond donors (Lipinski definition) is 2. The second-order valence-electron chi connectivity index (χ2n) is 6.40. The van der Waals surface area contributed by atoms with E-state index < -0.39 is 0 Å². The fourth-order valence-corrected chi connectivity index (χ4v) is 3.15. The molecule has 0 bridgehead atoms. The van der Waals surface area contributed by atoms with Gasteiger partial charge in [0.25, 0.3) is 0 Å². The highest BCUT2D eigenvalue weighted by atomic mass is 16.5. The average Bonchev–Trinajstić information content (AvgIpc) is 3.19. The Balaban J connectivity index is 2.01. The van der Waals surface area contributed by atoms with Gasteiger partial charge in [-0.15, -0.1) is 0 Å². The van der Waals surface area contributed by atoms with Crippen molar-refractivity contribution >= 4 is 6.29 Å². The molecule has 1 aromatic heterocycles. The van der Waals surface area contributed by atoms with Crippen LogP contribution in [0.4, 0.5) is 0 Å². The standard InChI is InChI=1S/C23H17NO5/c1-28-19-11-6-16(13-25)20(12-19)21-22(14-2-7-17(26)8-3-14)24-29-23(21)15-4-9-18(27)10-5-15/h2-13,26-27H,1H3. The molecule has 144 valence electrons. The first kappa shape index (κ1) is 18.3. The SMILES string of the molecule is COc1ccc(C=O)c(-c2c(-c3ccc(O)cc3)noc2-c2ccc(O)cc2)c1. The van der Waals surface area contributed by atoms with Gasteiger partial charge in [0, 0.05) is 22.3 Å². The van der Waals surface area contributed by atoms with Crippen LogP contribution < -0.4 is 4.74 Å². The molecule has 3 aromatic carbocycles. The zero-order chi connectivity index (χ0) is 20.4. The molecule has 0 unspecified atom stereocenters. The fraction of sp³-hybridized carbons (Fsp3) is 0.0435. The summed E-state index contributed by atoms with van der Waals surface area (Å²) < 4.78 is 11.0. The number of aromatic hydroxyl groups is 2. The lowest BCUT2D eigenvalue weighted by molar-refractivity contribution is 0.112. The Labute approximate surface area is 166 Å². The molecule has 2 N–H and O–H groups in total. The van der Waals surface area contributed by atoms with Crippen molar-refractivity contribution in [3.05, 3.63) is 72.3 Å². The third kappa shape index (κ3) is 3.43. The van der Waals surface area contributed by atoms with Crippen molar-refractivity contribution < 1.29 is 24.3 Å². The highest BCUT2D eigenvalue weighted by molar-refractivity contribution is 5.97. The van der Waals surface area contributed by atoms with E-state index in [1.807, 2.05) is 0 Å². The fourth-order valence-electron chi connectivity index (χ4n) is 3.15. The summed E-state index contributed by atoms with van der Waals surface area (Å²) in [4.78, 5) is 11.7. The normalized spacial score (nSPS) is 10.7. The molecule has 6 nitrogen and oxygen atoms in total. The number of nitrogens with zero attached hydrogens (tertiary/aromatic N) is 1. The molecule has 0 aliphatic rings. The van der Waals surface area contributed by atoms with E-state index >= 15 is 0 Å². The predicted molar refractivity (Wildman–Crippen MR) is 108 cm³/mol. The van der Waals surface area contributed by atoms with Crippen LogP contribution in [0.3, 0.4) is 0 Å². The highest BCUT2D eigenvalue weighted by Gasteiger charge is 2.23.